The van der Waals surface area contributed by atoms with Gasteiger partial charge in [0.25, 0.3) is 5.56 Å². The van der Waals surface area contributed by atoms with Crippen LogP contribution >= 0.6 is 0 Å². The van der Waals surface area contributed by atoms with Crippen LogP contribution in [0.4, 0.5) is 8.78 Å². The van der Waals surface area contributed by atoms with E-state index >= 15 is 0 Å². The number of rotatable bonds is 8. The molecule has 198 valence electrons. The van der Waals surface area contributed by atoms with Crippen molar-refractivity contribution in [2.75, 3.05) is 0 Å². The maximum Gasteiger partial charge on any atom is 0.264 e. The standard InChI is InChI=1S/C30H22F2N6O2/c31-22-12-10-19(13-23(22)32)16-38-17-33-15-21(30(38)40)27(39)8-4-1-5-18-9-11-20-26(14-18)36-37-28(20)29-34-24-6-2-3-7-25(24)35-29/h1-3,5-7,9-15,17H,4,8,16H2,(H,34,35)(H,36,37)/b5-1+. The van der Waals surface area contributed by atoms with Crippen molar-refractivity contribution in [1.29, 1.82) is 0 Å². The fourth-order valence-electron chi connectivity index (χ4n) is 4.54. The van der Waals surface area contributed by atoms with Crippen molar-refractivity contribution >= 4 is 33.8 Å². The van der Waals surface area contributed by atoms with Crippen molar-refractivity contribution in [2.24, 2.45) is 0 Å². The van der Waals surface area contributed by atoms with E-state index in [9.17, 15) is 18.4 Å². The van der Waals surface area contributed by atoms with E-state index in [4.69, 9.17) is 0 Å². The van der Waals surface area contributed by atoms with Crippen molar-refractivity contribution in [2.45, 2.75) is 19.4 Å². The Bertz CT molecular complexity index is 1940. The topological polar surface area (TPSA) is 109 Å². The number of hydrogen-bond acceptors (Lipinski definition) is 5. The number of hydrogen-bond donors (Lipinski definition) is 2. The Balaban J connectivity index is 1.11. The fraction of sp³-hybridized carbons (Fsp3) is 0.100. The molecule has 0 aliphatic rings. The summed E-state index contributed by atoms with van der Waals surface area (Å²) in [4.78, 5) is 37.4. The quantitative estimate of drug-likeness (QED) is 0.244. The smallest absolute Gasteiger partial charge is 0.264 e. The molecule has 10 heteroatoms. The molecular formula is C30H22F2N6O2. The van der Waals surface area contributed by atoms with Crippen LogP contribution in [0.3, 0.4) is 0 Å². The first kappa shape index (κ1) is 25.1. The number of carbonyl (C=O) groups excluding carboxylic acids is 1. The third-order valence-corrected chi connectivity index (χ3v) is 6.59. The highest BCUT2D eigenvalue weighted by molar-refractivity contribution is 5.96. The monoisotopic (exact) mass is 536 g/mol. The molecule has 3 aromatic heterocycles. The van der Waals surface area contributed by atoms with Crippen LogP contribution in [0.1, 0.15) is 34.3 Å². The van der Waals surface area contributed by atoms with Crippen molar-refractivity contribution in [1.82, 2.24) is 29.7 Å². The molecule has 0 amide bonds. The molecule has 3 aromatic carbocycles. The van der Waals surface area contributed by atoms with Gasteiger partial charge in [-0.15, -0.1) is 0 Å². The van der Waals surface area contributed by atoms with E-state index in [1.807, 2.05) is 54.6 Å². The lowest BCUT2D eigenvalue weighted by Crippen LogP contribution is -2.27. The molecule has 6 aromatic rings. The molecule has 0 saturated heterocycles. The molecule has 0 atom stereocenters. The number of benzene rings is 3. The van der Waals surface area contributed by atoms with E-state index in [0.717, 1.165) is 45.3 Å². The van der Waals surface area contributed by atoms with Crippen LogP contribution < -0.4 is 5.56 Å². The average molecular weight is 537 g/mol. The Morgan fingerprint density at radius 3 is 2.73 bits per heavy atom. The lowest BCUT2D eigenvalue weighted by Gasteiger charge is -2.07. The summed E-state index contributed by atoms with van der Waals surface area (Å²) in [7, 11) is 0. The molecule has 0 saturated carbocycles. The average Bonchev–Trinajstić information content (AvgIpc) is 3.58. The lowest BCUT2D eigenvalue weighted by atomic mass is 10.1. The molecule has 0 aliphatic heterocycles. The number of nitrogens with one attached hydrogen (secondary N) is 2. The molecule has 6 rings (SSSR count). The second-order valence-electron chi connectivity index (χ2n) is 9.33. The maximum absolute atomic E-state index is 13.5. The Morgan fingerprint density at radius 1 is 1.00 bits per heavy atom. The molecule has 0 aliphatic carbocycles. The van der Waals surface area contributed by atoms with Gasteiger partial charge in [-0.3, -0.25) is 19.3 Å². The van der Waals surface area contributed by atoms with Crippen LogP contribution in [-0.2, 0) is 6.54 Å². The van der Waals surface area contributed by atoms with E-state index in [1.165, 1.54) is 23.2 Å². The Hall–Kier alpha value is -5.25. The summed E-state index contributed by atoms with van der Waals surface area (Å²) in [6, 6.07) is 17.1. The third kappa shape index (κ3) is 4.94. The number of imidazole rings is 1. The van der Waals surface area contributed by atoms with Crippen LogP contribution in [0.25, 0.3) is 39.5 Å². The summed E-state index contributed by atoms with van der Waals surface area (Å²) in [6.07, 6.45) is 6.81. The first-order chi connectivity index (χ1) is 19.5. The highest BCUT2D eigenvalue weighted by atomic mass is 19.2. The normalized spacial score (nSPS) is 11.7. The predicted octanol–water partition coefficient (Wildman–Crippen LogP) is 5.67. The molecule has 0 spiro atoms. The number of allylic oxidation sites excluding steroid dienone is 1. The number of ketones is 1. The van der Waals surface area contributed by atoms with Gasteiger partial charge < -0.3 is 4.98 Å². The van der Waals surface area contributed by atoms with E-state index in [2.05, 4.69) is 25.1 Å². The van der Waals surface area contributed by atoms with Gasteiger partial charge in [-0.25, -0.2) is 18.7 Å². The second kappa shape index (κ2) is 10.5. The Morgan fingerprint density at radius 2 is 1.88 bits per heavy atom. The molecule has 2 N–H and O–H groups in total. The number of aromatic amines is 2. The highest BCUT2D eigenvalue weighted by Crippen LogP contribution is 2.27. The number of Topliss-reactive ketones (excluding diaryl/α,β-unsaturated/α-hetero) is 1. The van der Waals surface area contributed by atoms with Crippen molar-refractivity contribution in [3.63, 3.8) is 0 Å². The minimum absolute atomic E-state index is 0.0296. The molecule has 0 radical (unpaired) electrons. The van der Waals surface area contributed by atoms with Gasteiger partial charge in [-0.05, 0) is 53.9 Å². The minimum Gasteiger partial charge on any atom is -0.337 e. The van der Waals surface area contributed by atoms with Crippen LogP contribution in [0.15, 0.2) is 84.1 Å². The predicted molar refractivity (Wildman–Crippen MR) is 148 cm³/mol. The zero-order valence-electron chi connectivity index (χ0n) is 21.1. The third-order valence-electron chi connectivity index (χ3n) is 6.59. The van der Waals surface area contributed by atoms with Crippen molar-refractivity contribution in [3.8, 4) is 11.5 Å². The summed E-state index contributed by atoms with van der Waals surface area (Å²) in [6.45, 7) is -0.0296. The van der Waals surface area contributed by atoms with Crippen LogP contribution in [0.5, 0.6) is 0 Å². The molecule has 3 heterocycles. The van der Waals surface area contributed by atoms with Crippen LogP contribution in [-0.4, -0.2) is 35.5 Å². The van der Waals surface area contributed by atoms with E-state index in [-0.39, 0.29) is 24.3 Å². The zero-order chi connectivity index (χ0) is 27.6. The largest absolute Gasteiger partial charge is 0.337 e. The number of halogens is 2. The van der Waals surface area contributed by atoms with Crippen molar-refractivity contribution < 1.29 is 13.6 Å². The summed E-state index contributed by atoms with van der Waals surface area (Å²) >= 11 is 0. The maximum atomic E-state index is 13.5. The summed E-state index contributed by atoms with van der Waals surface area (Å²) < 4.78 is 27.9. The second-order valence-corrected chi connectivity index (χ2v) is 9.33. The highest BCUT2D eigenvalue weighted by Gasteiger charge is 2.14. The van der Waals surface area contributed by atoms with E-state index < -0.39 is 17.2 Å². The summed E-state index contributed by atoms with van der Waals surface area (Å²) in [5, 5.41) is 8.43. The van der Waals surface area contributed by atoms with Crippen molar-refractivity contribution in [3.05, 3.63) is 118 Å². The molecular weight excluding hydrogens is 514 g/mol. The summed E-state index contributed by atoms with van der Waals surface area (Å²) in [5.74, 6) is -1.63. The fourth-order valence-corrected chi connectivity index (χ4v) is 4.54. The lowest BCUT2D eigenvalue weighted by molar-refractivity contribution is 0.0981. The summed E-state index contributed by atoms with van der Waals surface area (Å²) in [5.41, 5.74) is 4.13. The SMILES string of the molecule is O=C(CC/C=C/c1ccc2c(-c3nc4ccccc4[nH]3)n[nH]c2c1)c1cncn(Cc2ccc(F)c(F)c2)c1=O. The van der Waals surface area contributed by atoms with Gasteiger partial charge in [0.05, 0.1) is 29.4 Å². The van der Waals surface area contributed by atoms with Gasteiger partial charge in [-0.1, -0.05) is 36.4 Å². The molecule has 0 bridgehead atoms. The van der Waals surface area contributed by atoms with Gasteiger partial charge in [0.2, 0.25) is 0 Å². The number of fused-ring (bicyclic) bond motifs is 2. The van der Waals surface area contributed by atoms with Crippen LogP contribution in [0, 0.1) is 11.6 Å². The van der Waals surface area contributed by atoms with E-state index in [1.54, 1.807) is 0 Å². The van der Waals surface area contributed by atoms with E-state index in [0.29, 0.717) is 17.8 Å². The number of aromatic nitrogens is 6. The molecule has 8 nitrogen and oxygen atoms in total. The van der Waals surface area contributed by atoms with Gasteiger partial charge >= 0.3 is 0 Å². The zero-order valence-corrected chi connectivity index (χ0v) is 21.1. The van der Waals surface area contributed by atoms with Gasteiger partial charge in [0.15, 0.2) is 23.2 Å². The molecule has 0 unspecified atom stereocenters. The molecule has 0 fully saturated rings. The Labute approximate surface area is 226 Å². The Kier molecular flexibility index (Phi) is 6.57. The first-order valence-corrected chi connectivity index (χ1v) is 12.6. The van der Waals surface area contributed by atoms with Crippen LogP contribution in [0.2, 0.25) is 0 Å². The first-order valence-electron chi connectivity index (χ1n) is 12.6. The van der Waals surface area contributed by atoms with Gasteiger partial charge in [0.1, 0.15) is 11.3 Å². The number of H-pyrrole nitrogens is 2. The van der Waals surface area contributed by atoms with Gasteiger partial charge in [-0.2, -0.15) is 5.10 Å². The molecule has 40 heavy (non-hydrogen) atoms. The number of para-hydroxylation sites is 2. The number of carbonyl (C=O) groups is 1. The number of nitrogens with zero attached hydrogens (tertiary/aromatic N) is 4. The minimum atomic E-state index is -1.00. The van der Waals surface area contributed by atoms with Gasteiger partial charge in [0, 0.05) is 18.0 Å².